The normalized spacial score (nSPS) is 13.2. The number of aryl methyl sites for hydroxylation is 1. The molecule has 0 aliphatic heterocycles. The standard InChI is InChI=1S/C18H21F2N/c1-12-10-11-14(19)15(16(12)20)17(21-4)18(2,3)13-8-6-5-7-9-13/h5-11,17,21H,1-4H3. The van der Waals surface area contributed by atoms with E-state index in [0.717, 1.165) is 5.56 Å². The van der Waals surface area contributed by atoms with Gasteiger partial charge in [-0.3, -0.25) is 0 Å². The van der Waals surface area contributed by atoms with E-state index in [2.05, 4.69) is 5.32 Å². The van der Waals surface area contributed by atoms with Crippen molar-refractivity contribution >= 4 is 0 Å². The van der Waals surface area contributed by atoms with Crippen LogP contribution in [-0.2, 0) is 5.41 Å². The van der Waals surface area contributed by atoms with E-state index in [1.807, 2.05) is 44.2 Å². The molecule has 2 aromatic rings. The van der Waals surface area contributed by atoms with Crippen LogP contribution in [0.3, 0.4) is 0 Å². The number of hydrogen-bond donors (Lipinski definition) is 1. The first-order chi connectivity index (χ1) is 9.89. The molecule has 0 amide bonds. The Bertz CT molecular complexity index is 621. The van der Waals surface area contributed by atoms with Crippen LogP contribution >= 0.6 is 0 Å². The fourth-order valence-corrected chi connectivity index (χ4v) is 2.84. The zero-order chi connectivity index (χ0) is 15.6. The van der Waals surface area contributed by atoms with Crippen LogP contribution in [0.5, 0.6) is 0 Å². The Morgan fingerprint density at radius 2 is 1.62 bits per heavy atom. The summed E-state index contributed by atoms with van der Waals surface area (Å²) in [5, 5.41) is 3.09. The van der Waals surface area contributed by atoms with E-state index in [1.165, 1.54) is 12.1 Å². The van der Waals surface area contributed by atoms with Gasteiger partial charge in [0.05, 0.1) is 0 Å². The van der Waals surface area contributed by atoms with Gasteiger partial charge in [-0.1, -0.05) is 50.2 Å². The van der Waals surface area contributed by atoms with Crippen LogP contribution in [0.1, 0.15) is 36.6 Å². The molecule has 0 aliphatic rings. The molecule has 0 saturated heterocycles. The molecule has 112 valence electrons. The van der Waals surface area contributed by atoms with Gasteiger partial charge in [-0.25, -0.2) is 8.78 Å². The molecule has 1 N–H and O–H groups in total. The van der Waals surface area contributed by atoms with Crippen LogP contribution in [0.4, 0.5) is 8.78 Å². The van der Waals surface area contributed by atoms with E-state index in [9.17, 15) is 8.78 Å². The molecular weight excluding hydrogens is 268 g/mol. The molecule has 0 fully saturated rings. The SMILES string of the molecule is CNC(c1c(F)ccc(C)c1F)C(C)(C)c1ccccc1. The topological polar surface area (TPSA) is 12.0 Å². The predicted octanol–water partition coefficient (Wildman–Crippen LogP) is 4.51. The van der Waals surface area contributed by atoms with Crippen molar-refractivity contribution in [3.63, 3.8) is 0 Å². The quantitative estimate of drug-likeness (QED) is 0.873. The van der Waals surface area contributed by atoms with E-state index in [-0.39, 0.29) is 5.56 Å². The lowest BCUT2D eigenvalue weighted by Crippen LogP contribution is -2.37. The highest BCUT2D eigenvalue weighted by Gasteiger charge is 2.35. The fraction of sp³-hybridized carbons (Fsp3) is 0.333. The molecule has 21 heavy (non-hydrogen) atoms. The molecule has 0 saturated carbocycles. The Balaban J connectivity index is 2.57. The molecule has 3 heteroatoms. The average Bonchev–Trinajstić information content (AvgIpc) is 2.48. The highest BCUT2D eigenvalue weighted by molar-refractivity contribution is 5.35. The molecule has 2 rings (SSSR count). The minimum absolute atomic E-state index is 0.103. The zero-order valence-electron chi connectivity index (χ0n) is 12.9. The van der Waals surface area contributed by atoms with Crippen LogP contribution in [0.15, 0.2) is 42.5 Å². The first-order valence-corrected chi connectivity index (χ1v) is 7.07. The van der Waals surface area contributed by atoms with Crippen molar-refractivity contribution in [1.82, 2.24) is 5.32 Å². The molecule has 1 unspecified atom stereocenters. The van der Waals surface area contributed by atoms with Gasteiger partial charge in [0.1, 0.15) is 11.6 Å². The summed E-state index contributed by atoms with van der Waals surface area (Å²) in [6, 6.07) is 12.1. The van der Waals surface area contributed by atoms with E-state index >= 15 is 0 Å². The number of hydrogen-bond acceptors (Lipinski definition) is 1. The third-order valence-electron chi connectivity index (χ3n) is 4.14. The maximum Gasteiger partial charge on any atom is 0.133 e. The van der Waals surface area contributed by atoms with Crippen molar-refractivity contribution < 1.29 is 8.78 Å². The summed E-state index contributed by atoms with van der Waals surface area (Å²) < 4.78 is 28.7. The molecule has 0 spiro atoms. The Hall–Kier alpha value is -1.74. The lowest BCUT2D eigenvalue weighted by atomic mass is 9.74. The van der Waals surface area contributed by atoms with E-state index in [1.54, 1.807) is 14.0 Å². The van der Waals surface area contributed by atoms with Gasteiger partial charge in [0.15, 0.2) is 0 Å². The van der Waals surface area contributed by atoms with Gasteiger partial charge in [-0.15, -0.1) is 0 Å². The number of nitrogens with one attached hydrogen (secondary N) is 1. The Labute approximate surface area is 125 Å². The predicted molar refractivity (Wildman–Crippen MR) is 82.4 cm³/mol. The second kappa shape index (κ2) is 5.94. The molecule has 1 atom stereocenters. The first-order valence-electron chi connectivity index (χ1n) is 7.07. The van der Waals surface area contributed by atoms with Gasteiger partial charge in [0.25, 0.3) is 0 Å². The van der Waals surface area contributed by atoms with Crippen molar-refractivity contribution in [2.45, 2.75) is 32.2 Å². The number of halogens is 2. The monoisotopic (exact) mass is 289 g/mol. The third kappa shape index (κ3) is 2.84. The summed E-state index contributed by atoms with van der Waals surface area (Å²) in [6.45, 7) is 5.63. The molecule has 1 nitrogen and oxygen atoms in total. The van der Waals surface area contributed by atoms with Crippen LogP contribution in [0, 0.1) is 18.6 Å². The first kappa shape index (κ1) is 15.6. The molecule has 0 aromatic heterocycles. The number of rotatable bonds is 4. The Morgan fingerprint density at radius 1 is 1.00 bits per heavy atom. The summed E-state index contributed by atoms with van der Waals surface area (Å²) >= 11 is 0. The molecule has 0 aliphatic carbocycles. The van der Waals surface area contributed by atoms with Gasteiger partial charge < -0.3 is 5.32 Å². The van der Waals surface area contributed by atoms with Crippen molar-refractivity contribution in [3.8, 4) is 0 Å². The Morgan fingerprint density at radius 3 is 2.19 bits per heavy atom. The maximum atomic E-state index is 14.5. The average molecular weight is 289 g/mol. The van der Waals surface area contributed by atoms with Crippen LogP contribution < -0.4 is 5.32 Å². The third-order valence-corrected chi connectivity index (χ3v) is 4.14. The number of benzene rings is 2. The molecule has 0 heterocycles. The second-order valence-electron chi connectivity index (χ2n) is 5.90. The molecule has 0 bridgehead atoms. The van der Waals surface area contributed by atoms with E-state index in [0.29, 0.717) is 5.56 Å². The molecule has 2 aromatic carbocycles. The molecular formula is C18H21F2N. The Kier molecular flexibility index (Phi) is 4.43. The van der Waals surface area contributed by atoms with Crippen molar-refractivity contribution in [1.29, 1.82) is 0 Å². The summed E-state index contributed by atoms with van der Waals surface area (Å²) in [5.41, 5.74) is 1.14. The smallest absolute Gasteiger partial charge is 0.133 e. The second-order valence-corrected chi connectivity index (χ2v) is 5.90. The summed E-state index contributed by atoms with van der Waals surface area (Å²) in [5.74, 6) is -0.986. The summed E-state index contributed by atoms with van der Waals surface area (Å²) in [4.78, 5) is 0. The van der Waals surface area contributed by atoms with Gasteiger partial charge in [0.2, 0.25) is 0 Å². The lowest BCUT2D eigenvalue weighted by molar-refractivity contribution is 0.344. The van der Waals surface area contributed by atoms with Crippen LogP contribution in [-0.4, -0.2) is 7.05 Å². The minimum Gasteiger partial charge on any atom is -0.312 e. The van der Waals surface area contributed by atoms with Gasteiger partial charge in [0, 0.05) is 17.0 Å². The van der Waals surface area contributed by atoms with Gasteiger partial charge >= 0.3 is 0 Å². The van der Waals surface area contributed by atoms with E-state index < -0.39 is 23.1 Å². The summed E-state index contributed by atoms with van der Waals surface area (Å²) in [7, 11) is 1.73. The van der Waals surface area contributed by atoms with Crippen LogP contribution in [0.2, 0.25) is 0 Å². The zero-order valence-corrected chi connectivity index (χ0v) is 12.9. The fourth-order valence-electron chi connectivity index (χ4n) is 2.84. The van der Waals surface area contributed by atoms with Gasteiger partial charge in [-0.2, -0.15) is 0 Å². The van der Waals surface area contributed by atoms with E-state index in [4.69, 9.17) is 0 Å². The largest absolute Gasteiger partial charge is 0.312 e. The summed E-state index contributed by atoms with van der Waals surface area (Å²) in [6.07, 6.45) is 0. The lowest BCUT2D eigenvalue weighted by Gasteiger charge is -2.35. The van der Waals surface area contributed by atoms with Crippen LogP contribution in [0.25, 0.3) is 0 Å². The number of likely N-dealkylation sites (N-methyl/N-ethyl adjacent to an activating group) is 1. The van der Waals surface area contributed by atoms with Gasteiger partial charge in [-0.05, 0) is 31.2 Å². The van der Waals surface area contributed by atoms with Crippen molar-refractivity contribution in [2.75, 3.05) is 7.05 Å². The maximum absolute atomic E-state index is 14.5. The van der Waals surface area contributed by atoms with Crippen molar-refractivity contribution in [2.24, 2.45) is 0 Å². The minimum atomic E-state index is -0.513. The molecule has 0 radical (unpaired) electrons. The van der Waals surface area contributed by atoms with Crippen molar-refractivity contribution in [3.05, 3.63) is 70.8 Å². The highest BCUT2D eigenvalue weighted by atomic mass is 19.1. The highest BCUT2D eigenvalue weighted by Crippen LogP contribution is 2.39.